The van der Waals surface area contributed by atoms with Crippen molar-refractivity contribution in [3.63, 3.8) is 0 Å². The molecular weight excluding hydrogens is 326 g/mol. The number of rotatable bonds is 5. The van der Waals surface area contributed by atoms with Crippen molar-refractivity contribution >= 4 is 17.5 Å². The molecular formula is C21H25N3O2. The molecule has 1 aromatic carbocycles. The van der Waals surface area contributed by atoms with Crippen molar-refractivity contribution in [1.29, 1.82) is 0 Å². The monoisotopic (exact) mass is 351 g/mol. The largest absolute Gasteiger partial charge is 0.352 e. The van der Waals surface area contributed by atoms with Gasteiger partial charge in [0.2, 0.25) is 11.8 Å². The van der Waals surface area contributed by atoms with Crippen molar-refractivity contribution < 1.29 is 9.59 Å². The molecule has 0 spiro atoms. The maximum atomic E-state index is 12.5. The maximum absolute atomic E-state index is 12.5. The maximum Gasteiger partial charge on any atom is 0.228 e. The first-order valence-electron chi connectivity index (χ1n) is 8.93. The number of para-hydroxylation sites is 1. The fourth-order valence-electron chi connectivity index (χ4n) is 3.07. The molecule has 1 aromatic heterocycles. The molecule has 1 saturated carbocycles. The lowest BCUT2D eigenvalue weighted by Crippen LogP contribution is -2.27. The second kappa shape index (κ2) is 7.28. The standard InChI is InChI=1S/C21H25N3O2/c1-21(2,3)17-8-4-5-9-18(17)24-20(26)16-11-15(16)19(25)23-13-14-7-6-10-22-12-14/h4-10,12,15-16H,11,13H2,1-3H3,(H,23,25)(H,24,26). The second-order valence-electron chi connectivity index (χ2n) is 7.81. The Bertz CT molecular complexity index is 796. The summed E-state index contributed by atoms with van der Waals surface area (Å²) >= 11 is 0. The van der Waals surface area contributed by atoms with E-state index in [0.29, 0.717) is 13.0 Å². The van der Waals surface area contributed by atoms with Gasteiger partial charge in [-0.25, -0.2) is 0 Å². The van der Waals surface area contributed by atoms with Crippen molar-refractivity contribution in [2.45, 2.75) is 39.2 Å². The van der Waals surface area contributed by atoms with Crippen LogP contribution in [0.3, 0.4) is 0 Å². The van der Waals surface area contributed by atoms with Crippen LogP contribution in [0, 0.1) is 11.8 Å². The van der Waals surface area contributed by atoms with E-state index >= 15 is 0 Å². The molecule has 0 saturated heterocycles. The second-order valence-corrected chi connectivity index (χ2v) is 7.81. The molecule has 136 valence electrons. The highest BCUT2D eigenvalue weighted by molar-refractivity contribution is 6.00. The van der Waals surface area contributed by atoms with Gasteiger partial charge in [-0.15, -0.1) is 0 Å². The molecule has 2 N–H and O–H groups in total. The van der Waals surface area contributed by atoms with Gasteiger partial charge in [0.25, 0.3) is 0 Å². The van der Waals surface area contributed by atoms with Crippen LogP contribution in [0.1, 0.15) is 38.3 Å². The van der Waals surface area contributed by atoms with Crippen LogP contribution in [0.5, 0.6) is 0 Å². The van der Waals surface area contributed by atoms with E-state index < -0.39 is 0 Å². The minimum atomic E-state index is -0.253. The van der Waals surface area contributed by atoms with Crippen LogP contribution < -0.4 is 10.6 Å². The average Bonchev–Trinajstić information content (AvgIpc) is 3.41. The molecule has 0 radical (unpaired) electrons. The lowest BCUT2D eigenvalue weighted by molar-refractivity contribution is -0.125. The highest BCUT2D eigenvalue weighted by Gasteiger charge is 2.48. The zero-order valence-electron chi connectivity index (χ0n) is 15.5. The smallest absolute Gasteiger partial charge is 0.228 e. The number of hydrogen-bond acceptors (Lipinski definition) is 3. The summed E-state index contributed by atoms with van der Waals surface area (Å²) in [6, 6.07) is 11.6. The van der Waals surface area contributed by atoms with E-state index in [9.17, 15) is 9.59 Å². The SMILES string of the molecule is CC(C)(C)c1ccccc1NC(=O)C1CC1C(=O)NCc1cccnc1. The van der Waals surface area contributed by atoms with Crippen molar-refractivity contribution in [3.05, 3.63) is 59.9 Å². The normalized spacial score (nSPS) is 18.9. The van der Waals surface area contributed by atoms with E-state index in [2.05, 4.69) is 36.4 Å². The van der Waals surface area contributed by atoms with Crippen molar-refractivity contribution in [1.82, 2.24) is 10.3 Å². The van der Waals surface area contributed by atoms with Gasteiger partial charge in [-0.1, -0.05) is 45.0 Å². The number of anilines is 1. The number of nitrogens with zero attached hydrogens (tertiary/aromatic N) is 1. The predicted molar refractivity (Wildman–Crippen MR) is 101 cm³/mol. The first-order valence-corrected chi connectivity index (χ1v) is 8.93. The Labute approximate surface area is 154 Å². The summed E-state index contributed by atoms with van der Waals surface area (Å²) in [6.07, 6.45) is 4.02. The minimum Gasteiger partial charge on any atom is -0.352 e. The molecule has 0 bridgehead atoms. The molecule has 1 aliphatic carbocycles. The Morgan fingerprint density at radius 3 is 2.50 bits per heavy atom. The molecule has 1 fully saturated rings. The fraction of sp³-hybridized carbons (Fsp3) is 0.381. The summed E-state index contributed by atoms with van der Waals surface area (Å²) in [5.41, 5.74) is 2.80. The topological polar surface area (TPSA) is 71.1 Å². The number of benzene rings is 1. The van der Waals surface area contributed by atoms with Gasteiger partial charge in [-0.3, -0.25) is 14.6 Å². The van der Waals surface area contributed by atoms with Gasteiger partial charge >= 0.3 is 0 Å². The van der Waals surface area contributed by atoms with Gasteiger partial charge in [0.05, 0.1) is 11.8 Å². The first-order chi connectivity index (χ1) is 12.4. The zero-order valence-corrected chi connectivity index (χ0v) is 15.5. The van der Waals surface area contributed by atoms with Crippen molar-refractivity contribution in [2.75, 3.05) is 5.32 Å². The van der Waals surface area contributed by atoms with E-state index in [4.69, 9.17) is 0 Å². The summed E-state index contributed by atoms with van der Waals surface area (Å²) in [5.74, 6) is -0.647. The molecule has 3 rings (SSSR count). The van der Waals surface area contributed by atoms with Gasteiger partial charge in [0.1, 0.15) is 0 Å². The van der Waals surface area contributed by atoms with Crippen LogP contribution >= 0.6 is 0 Å². The summed E-state index contributed by atoms with van der Waals surface area (Å²) in [4.78, 5) is 28.8. The number of carbonyl (C=O) groups is 2. The van der Waals surface area contributed by atoms with Gasteiger partial charge < -0.3 is 10.6 Å². The summed E-state index contributed by atoms with van der Waals surface area (Å²) in [5, 5.41) is 5.90. The van der Waals surface area contributed by atoms with E-state index in [-0.39, 0.29) is 29.1 Å². The lowest BCUT2D eigenvalue weighted by Gasteiger charge is -2.23. The highest BCUT2D eigenvalue weighted by Crippen LogP contribution is 2.40. The Hall–Kier alpha value is -2.69. The summed E-state index contributed by atoms with van der Waals surface area (Å²) in [6.45, 7) is 6.78. The zero-order chi connectivity index (χ0) is 18.7. The molecule has 26 heavy (non-hydrogen) atoms. The number of pyridine rings is 1. The van der Waals surface area contributed by atoms with Crippen LogP contribution in [-0.2, 0) is 21.5 Å². The fourth-order valence-corrected chi connectivity index (χ4v) is 3.07. The molecule has 2 unspecified atom stereocenters. The third-order valence-electron chi connectivity index (χ3n) is 4.65. The molecule has 5 nitrogen and oxygen atoms in total. The summed E-state index contributed by atoms with van der Waals surface area (Å²) < 4.78 is 0. The third kappa shape index (κ3) is 4.28. The van der Waals surface area contributed by atoms with Gasteiger partial charge in [0.15, 0.2) is 0 Å². The Kier molecular flexibility index (Phi) is 5.07. The Balaban J connectivity index is 1.56. The van der Waals surface area contributed by atoms with E-state index in [1.165, 1.54) is 0 Å². The number of amides is 2. The van der Waals surface area contributed by atoms with E-state index in [1.54, 1.807) is 12.4 Å². The first kappa shape index (κ1) is 18.1. The quantitative estimate of drug-likeness (QED) is 0.868. The van der Waals surface area contributed by atoms with Crippen molar-refractivity contribution in [3.8, 4) is 0 Å². The van der Waals surface area contributed by atoms with Crippen LogP contribution in [0.25, 0.3) is 0 Å². The van der Waals surface area contributed by atoms with Crippen LogP contribution in [0.15, 0.2) is 48.8 Å². The van der Waals surface area contributed by atoms with E-state index in [1.807, 2.05) is 36.4 Å². The molecule has 1 aliphatic rings. The molecule has 0 aliphatic heterocycles. The number of aromatic nitrogens is 1. The number of nitrogens with one attached hydrogen (secondary N) is 2. The van der Waals surface area contributed by atoms with Gasteiger partial charge in [-0.05, 0) is 35.1 Å². The Morgan fingerprint density at radius 2 is 1.81 bits per heavy atom. The van der Waals surface area contributed by atoms with Crippen LogP contribution in [0.4, 0.5) is 5.69 Å². The van der Waals surface area contributed by atoms with Gasteiger partial charge in [0, 0.05) is 24.6 Å². The molecule has 2 aromatic rings. The average molecular weight is 351 g/mol. The highest BCUT2D eigenvalue weighted by atomic mass is 16.2. The predicted octanol–water partition coefficient (Wildman–Crippen LogP) is 3.27. The van der Waals surface area contributed by atoms with Crippen LogP contribution in [-0.4, -0.2) is 16.8 Å². The number of hydrogen-bond donors (Lipinski definition) is 2. The molecule has 1 heterocycles. The third-order valence-corrected chi connectivity index (χ3v) is 4.65. The molecule has 5 heteroatoms. The molecule has 2 amide bonds. The Morgan fingerprint density at radius 1 is 1.08 bits per heavy atom. The number of carbonyl (C=O) groups excluding carboxylic acids is 2. The van der Waals surface area contributed by atoms with Crippen LogP contribution in [0.2, 0.25) is 0 Å². The van der Waals surface area contributed by atoms with Gasteiger partial charge in [-0.2, -0.15) is 0 Å². The lowest BCUT2D eigenvalue weighted by atomic mass is 9.86. The molecule has 2 atom stereocenters. The summed E-state index contributed by atoms with van der Waals surface area (Å²) in [7, 11) is 0. The van der Waals surface area contributed by atoms with Crippen molar-refractivity contribution in [2.24, 2.45) is 11.8 Å². The minimum absolute atomic E-state index is 0.0616. The van der Waals surface area contributed by atoms with E-state index in [0.717, 1.165) is 16.8 Å².